The summed E-state index contributed by atoms with van der Waals surface area (Å²) in [5, 5.41) is 13.1. The van der Waals surface area contributed by atoms with Crippen molar-refractivity contribution >= 4 is 23.3 Å². The second-order valence-corrected chi connectivity index (χ2v) is 5.80. The van der Waals surface area contributed by atoms with Gasteiger partial charge in [0.2, 0.25) is 0 Å². The van der Waals surface area contributed by atoms with Gasteiger partial charge in [0.05, 0.1) is 16.9 Å². The minimum Gasteiger partial charge on any atom is -0.455 e. The number of nitrogens with one attached hydrogen (secondary N) is 1. The second kappa shape index (κ2) is 8.51. The smallest absolute Gasteiger partial charge is 0.416 e. The molecular weight excluding hydrogens is 381 g/mol. The number of carbonyl (C=O) groups excluding carboxylic acids is 2. The molecule has 2 aromatic carbocycles. The maximum Gasteiger partial charge on any atom is 0.416 e. The van der Waals surface area contributed by atoms with Crippen LogP contribution in [0.15, 0.2) is 42.5 Å². The third-order valence-electron chi connectivity index (χ3n) is 3.76. The molecule has 0 saturated heterocycles. The summed E-state index contributed by atoms with van der Waals surface area (Å²) < 4.78 is 42.8. The molecule has 0 unspecified atom stereocenters. The highest BCUT2D eigenvalue weighted by Gasteiger charge is 2.33. The maximum atomic E-state index is 12.7. The molecule has 0 aliphatic heterocycles. The van der Waals surface area contributed by atoms with Crippen LogP contribution in [-0.2, 0) is 26.9 Å². The number of hydrogen-bond donors (Lipinski definition) is 1. The van der Waals surface area contributed by atoms with Gasteiger partial charge in [-0.25, -0.2) is 0 Å². The topological polar surface area (TPSA) is 98.5 Å². The van der Waals surface area contributed by atoms with Gasteiger partial charge in [-0.05, 0) is 30.2 Å². The molecule has 0 aliphatic rings. The molecule has 0 aromatic heterocycles. The SMILES string of the molecule is Cc1ccccc1CC(=O)OCC(=O)Nc1ccc(C(F)(F)F)cc1[N+](=O)[O-]. The van der Waals surface area contributed by atoms with Gasteiger partial charge in [0.1, 0.15) is 5.69 Å². The largest absolute Gasteiger partial charge is 0.455 e. The van der Waals surface area contributed by atoms with Crippen LogP contribution in [0, 0.1) is 17.0 Å². The van der Waals surface area contributed by atoms with Crippen molar-refractivity contribution in [1.29, 1.82) is 0 Å². The van der Waals surface area contributed by atoms with E-state index in [1.54, 1.807) is 31.2 Å². The molecule has 0 spiro atoms. The highest BCUT2D eigenvalue weighted by Crippen LogP contribution is 2.34. The summed E-state index contributed by atoms with van der Waals surface area (Å²) in [5.74, 6) is -1.60. The van der Waals surface area contributed by atoms with E-state index in [0.29, 0.717) is 17.7 Å². The Morgan fingerprint density at radius 1 is 1.18 bits per heavy atom. The quantitative estimate of drug-likeness (QED) is 0.457. The zero-order valence-corrected chi connectivity index (χ0v) is 14.6. The van der Waals surface area contributed by atoms with E-state index in [1.807, 2.05) is 0 Å². The van der Waals surface area contributed by atoms with Crippen molar-refractivity contribution in [2.24, 2.45) is 0 Å². The average molecular weight is 396 g/mol. The third kappa shape index (κ3) is 5.53. The lowest BCUT2D eigenvalue weighted by Gasteiger charge is -2.10. The normalized spacial score (nSPS) is 11.0. The zero-order chi connectivity index (χ0) is 20.9. The number of nitro groups is 1. The number of anilines is 1. The van der Waals surface area contributed by atoms with E-state index in [9.17, 15) is 32.9 Å². The molecule has 28 heavy (non-hydrogen) atoms. The van der Waals surface area contributed by atoms with Crippen LogP contribution in [0.2, 0.25) is 0 Å². The van der Waals surface area contributed by atoms with Crippen molar-refractivity contribution < 1.29 is 32.4 Å². The summed E-state index contributed by atoms with van der Waals surface area (Å²) in [5.41, 5.74) is -0.996. The van der Waals surface area contributed by atoms with Gasteiger partial charge in [0.15, 0.2) is 6.61 Å². The van der Waals surface area contributed by atoms with Gasteiger partial charge in [-0.2, -0.15) is 13.2 Å². The number of nitrogens with zero attached hydrogens (tertiary/aromatic N) is 1. The molecule has 2 aromatic rings. The Morgan fingerprint density at radius 2 is 1.86 bits per heavy atom. The summed E-state index contributed by atoms with van der Waals surface area (Å²) in [6.07, 6.45) is -4.83. The molecule has 0 radical (unpaired) electrons. The molecule has 0 fully saturated rings. The number of aryl methyl sites for hydroxylation is 1. The Hall–Kier alpha value is -3.43. The summed E-state index contributed by atoms with van der Waals surface area (Å²) in [6.45, 7) is 1.07. The van der Waals surface area contributed by atoms with E-state index < -0.39 is 46.5 Å². The lowest BCUT2D eigenvalue weighted by molar-refractivity contribution is -0.384. The molecule has 7 nitrogen and oxygen atoms in total. The Labute approximate surface area is 157 Å². The van der Waals surface area contributed by atoms with Gasteiger partial charge < -0.3 is 10.1 Å². The van der Waals surface area contributed by atoms with Crippen LogP contribution in [0.5, 0.6) is 0 Å². The van der Waals surface area contributed by atoms with Crippen LogP contribution in [0.25, 0.3) is 0 Å². The third-order valence-corrected chi connectivity index (χ3v) is 3.76. The molecule has 0 saturated carbocycles. The van der Waals surface area contributed by atoms with Crippen LogP contribution in [-0.4, -0.2) is 23.4 Å². The molecule has 0 bridgehead atoms. The number of ether oxygens (including phenoxy) is 1. The predicted molar refractivity (Wildman–Crippen MR) is 92.6 cm³/mol. The monoisotopic (exact) mass is 396 g/mol. The van der Waals surface area contributed by atoms with Gasteiger partial charge in [-0.3, -0.25) is 19.7 Å². The van der Waals surface area contributed by atoms with Gasteiger partial charge in [0, 0.05) is 6.07 Å². The molecular formula is C18H15F3N2O5. The number of esters is 1. The van der Waals surface area contributed by atoms with Gasteiger partial charge in [0.25, 0.3) is 11.6 Å². The Bertz CT molecular complexity index is 912. The van der Waals surface area contributed by atoms with Crippen molar-refractivity contribution in [1.82, 2.24) is 0 Å². The predicted octanol–water partition coefficient (Wildman–Crippen LogP) is 3.65. The van der Waals surface area contributed by atoms with E-state index >= 15 is 0 Å². The first-order valence-corrected chi connectivity index (χ1v) is 7.93. The van der Waals surface area contributed by atoms with E-state index in [1.165, 1.54) is 0 Å². The van der Waals surface area contributed by atoms with Crippen LogP contribution in [0.1, 0.15) is 16.7 Å². The minimum absolute atomic E-state index is 0.0691. The van der Waals surface area contributed by atoms with Gasteiger partial charge in [-0.15, -0.1) is 0 Å². The first kappa shape index (κ1) is 20.9. The van der Waals surface area contributed by atoms with Crippen molar-refractivity contribution in [3.8, 4) is 0 Å². The number of benzene rings is 2. The number of hydrogen-bond acceptors (Lipinski definition) is 5. The minimum atomic E-state index is -4.77. The maximum absolute atomic E-state index is 12.7. The molecule has 0 aliphatic carbocycles. The van der Waals surface area contributed by atoms with Crippen LogP contribution in [0.4, 0.5) is 24.5 Å². The van der Waals surface area contributed by atoms with Crippen LogP contribution in [0.3, 0.4) is 0 Å². The highest BCUT2D eigenvalue weighted by atomic mass is 19.4. The van der Waals surface area contributed by atoms with E-state index in [4.69, 9.17) is 4.74 Å². The zero-order valence-electron chi connectivity index (χ0n) is 14.6. The fourth-order valence-corrected chi connectivity index (χ4v) is 2.31. The van der Waals surface area contributed by atoms with Gasteiger partial charge >= 0.3 is 12.1 Å². The first-order chi connectivity index (χ1) is 13.1. The van der Waals surface area contributed by atoms with E-state index in [0.717, 1.165) is 11.6 Å². The molecule has 0 heterocycles. The average Bonchev–Trinajstić information content (AvgIpc) is 2.61. The van der Waals surface area contributed by atoms with Crippen molar-refractivity contribution in [3.63, 3.8) is 0 Å². The second-order valence-electron chi connectivity index (χ2n) is 5.80. The fraction of sp³-hybridized carbons (Fsp3) is 0.222. The number of alkyl halides is 3. The van der Waals surface area contributed by atoms with Crippen molar-refractivity contribution in [2.75, 3.05) is 11.9 Å². The molecule has 2 rings (SSSR count). The Kier molecular flexibility index (Phi) is 6.34. The molecule has 10 heteroatoms. The molecule has 148 valence electrons. The number of carbonyl (C=O) groups is 2. The van der Waals surface area contributed by atoms with Crippen LogP contribution < -0.4 is 5.32 Å². The molecule has 1 N–H and O–H groups in total. The fourth-order valence-electron chi connectivity index (χ4n) is 2.31. The Morgan fingerprint density at radius 3 is 2.46 bits per heavy atom. The Balaban J connectivity index is 2.00. The first-order valence-electron chi connectivity index (χ1n) is 7.93. The van der Waals surface area contributed by atoms with Crippen molar-refractivity contribution in [2.45, 2.75) is 19.5 Å². The van der Waals surface area contributed by atoms with E-state index in [2.05, 4.69) is 5.32 Å². The number of rotatable bonds is 6. The lowest BCUT2D eigenvalue weighted by atomic mass is 10.1. The summed E-state index contributed by atoms with van der Waals surface area (Å²) >= 11 is 0. The number of halogens is 3. The highest BCUT2D eigenvalue weighted by molar-refractivity contribution is 5.95. The lowest BCUT2D eigenvalue weighted by Crippen LogP contribution is -2.22. The van der Waals surface area contributed by atoms with Crippen LogP contribution >= 0.6 is 0 Å². The standard InChI is InChI=1S/C18H15F3N2O5/c1-11-4-2-3-5-12(11)8-17(25)28-10-16(24)22-14-7-6-13(18(19,20)21)9-15(14)23(26)27/h2-7,9H,8,10H2,1H3,(H,22,24). The molecule has 1 amide bonds. The van der Waals surface area contributed by atoms with E-state index in [-0.39, 0.29) is 6.42 Å². The summed E-state index contributed by atoms with van der Waals surface area (Å²) in [4.78, 5) is 33.6. The number of nitro benzene ring substituents is 1. The summed E-state index contributed by atoms with van der Waals surface area (Å²) in [6, 6.07) is 8.77. The molecule has 0 atom stereocenters. The summed E-state index contributed by atoms with van der Waals surface area (Å²) in [7, 11) is 0. The van der Waals surface area contributed by atoms with Gasteiger partial charge in [-0.1, -0.05) is 24.3 Å². The van der Waals surface area contributed by atoms with Crippen molar-refractivity contribution in [3.05, 3.63) is 69.3 Å². The number of amides is 1.